The lowest BCUT2D eigenvalue weighted by Crippen LogP contribution is -2.51. The van der Waals surface area contributed by atoms with E-state index in [1.54, 1.807) is 0 Å². The minimum atomic E-state index is -0.494. The van der Waals surface area contributed by atoms with E-state index in [0.717, 1.165) is 19.5 Å². The van der Waals surface area contributed by atoms with E-state index in [2.05, 4.69) is 19.2 Å². The second-order valence-corrected chi connectivity index (χ2v) is 4.17. The molecule has 1 rings (SSSR count). The minimum Gasteiger partial charge on any atom is -0.389 e. The summed E-state index contributed by atoms with van der Waals surface area (Å²) in [5.74, 6) is 1.05. The van der Waals surface area contributed by atoms with Gasteiger partial charge in [0.15, 0.2) is 0 Å². The Balaban J connectivity index is 2.60. The lowest BCUT2D eigenvalue weighted by molar-refractivity contribution is -0.0383. The molecule has 2 atom stereocenters. The SMILES string of the molecule is CC(C)C1CCNCC1(C)O. The fourth-order valence-electron chi connectivity index (χ4n) is 2.09. The number of hydrogen-bond donors (Lipinski definition) is 2. The molecule has 11 heavy (non-hydrogen) atoms. The van der Waals surface area contributed by atoms with Gasteiger partial charge in [-0.1, -0.05) is 13.8 Å². The number of hydrogen-bond acceptors (Lipinski definition) is 2. The Kier molecular flexibility index (Phi) is 2.55. The molecule has 0 aromatic carbocycles. The van der Waals surface area contributed by atoms with Crippen molar-refractivity contribution in [2.75, 3.05) is 13.1 Å². The van der Waals surface area contributed by atoms with Crippen LogP contribution in [0.15, 0.2) is 0 Å². The summed E-state index contributed by atoms with van der Waals surface area (Å²) in [6.07, 6.45) is 1.10. The second-order valence-electron chi connectivity index (χ2n) is 4.17. The van der Waals surface area contributed by atoms with Crippen LogP contribution in [-0.2, 0) is 0 Å². The zero-order chi connectivity index (χ0) is 8.48. The van der Waals surface area contributed by atoms with Crippen molar-refractivity contribution in [1.29, 1.82) is 0 Å². The number of piperidine rings is 1. The van der Waals surface area contributed by atoms with E-state index >= 15 is 0 Å². The van der Waals surface area contributed by atoms with Gasteiger partial charge >= 0.3 is 0 Å². The summed E-state index contributed by atoms with van der Waals surface area (Å²) < 4.78 is 0. The molecule has 1 fully saturated rings. The average Bonchev–Trinajstić information content (AvgIpc) is 1.85. The summed E-state index contributed by atoms with van der Waals surface area (Å²) >= 11 is 0. The number of nitrogens with one attached hydrogen (secondary N) is 1. The molecule has 0 aromatic heterocycles. The van der Waals surface area contributed by atoms with Crippen LogP contribution < -0.4 is 5.32 Å². The topological polar surface area (TPSA) is 32.3 Å². The van der Waals surface area contributed by atoms with Crippen LogP contribution in [0.3, 0.4) is 0 Å². The average molecular weight is 157 g/mol. The molecule has 2 nitrogen and oxygen atoms in total. The number of rotatable bonds is 1. The van der Waals surface area contributed by atoms with Crippen LogP contribution in [0.5, 0.6) is 0 Å². The quantitative estimate of drug-likeness (QED) is 0.595. The van der Waals surface area contributed by atoms with Crippen LogP contribution in [0.2, 0.25) is 0 Å². The maximum Gasteiger partial charge on any atom is 0.0774 e. The van der Waals surface area contributed by atoms with E-state index in [9.17, 15) is 5.11 Å². The first-order chi connectivity index (χ1) is 5.04. The largest absolute Gasteiger partial charge is 0.389 e. The van der Waals surface area contributed by atoms with Gasteiger partial charge in [0.1, 0.15) is 0 Å². The lowest BCUT2D eigenvalue weighted by atomic mass is 9.76. The van der Waals surface area contributed by atoms with Crippen molar-refractivity contribution in [3.63, 3.8) is 0 Å². The molecule has 2 heteroatoms. The van der Waals surface area contributed by atoms with Gasteiger partial charge in [-0.2, -0.15) is 0 Å². The molecule has 1 aliphatic rings. The number of β-amino-alcohol motifs (C(OH)–C–C–N with tert-alkyl or cyclic N) is 1. The molecule has 2 N–H and O–H groups in total. The van der Waals surface area contributed by atoms with Crippen LogP contribution in [0, 0.1) is 11.8 Å². The van der Waals surface area contributed by atoms with Crippen molar-refractivity contribution in [3.8, 4) is 0 Å². The standard InChI is InChI=1S/C9H19NO/c1-7(2)8-4-5-10-6-9(8,3)11/h7-8,10-11H,4-6H2,1-3H3. The van der Waals surface area contributed by atoms with Gasteiger partial charge < -0.3 is 10.4 Å². The van der Waals surface area contributed by atoms with Crippen LogP contribution >= 0.6 is 0 Å². The molecule has 0 spiro atoms. The molecule has 0 amide bonds. The molecule has 2 unspecified atom stereocenters. The molecule has 1 heterocycles. The highest BCUT2D eigenvalue weighted by atomic mass is 16.3. The van der Waals surface area contributed by atoms with E-state index in [1.165, 1.54) is 0 Å². The van der Waals surface area contributed by atoms with Gasteiger partial charge in [0.2, 0.25) is 0 Å². The summed E-state index contributed by atoms with van der Waals surface area (Å²) in [4.78, 5) is 0. The molecule has 0 bridgehead atoms. The first kappa shape index (κ1) is 9.01. The van der Waals surface area contributed by atoms with Crippen molar-refractivity contribution in [3.05, 3.63) is 0 Å². The highest BCUT2D eigenvalue weighted by molar-refractivity contribution is 4.89. The Hall–Kier alpha value is -0.0800. The smallest absolute Gasteiger partial charge is 0.0774 e. The van der Waals surface area contributed by atoms with Gasteiger partial charge in [-0.05, 0) is 31.7 Å². The molecule has 66 valence electrons. The highest BCUT2D eigenvalue weighted by Gasteiger charge is 2.35. The van der Waals surface area contributed by atoms with Gasteiger partial charge in [-0.15, -0.1) is 0 Å². The van der Waals surface area contributed by atoms with E-state index in [-0.39, 0.29) is 0 Å². The van der Waals surface area contributed by atoms with Crippen molar-refractivity contribution < 1.29 is 5.11 Å². The molecule has 0 aliphatic carbocycles. The monoisotopic (exact) mass is 157 g/mol. The van der Waals surface area contributed by atoms with E-state index in [1.807, 2.05) is 6.92 Å². The Bertz CT molecular complexity index is 132. The Morgan fingerprint density at radius 1 is 1.55 bits per heavy atom. The van der Waals surface area contributed by atoms with Gasteiger partial charge in [0.25, 0.3) is 0 Å². The maximum atomic E-state index is 9.94. The van der Waals surface area contributed by atoms with Crippen molar-refractivity contribution in [2.45, 2.75) is 32.8 Å². The van der Waals surface area contributed by atoms with Crippen molar-refractivity contribution in [2.24, 2.45) is 11.8 Å². The van der Waals surface area contributed by atoms with Gasteiger partial charge in [-0.3, -0.25) is 0 Å². The third-order valence-corrected chi connectivity index (χ3v) is 2.72. The summed E-state index contributed by atoms with van der Waals surface area (Å²) in [5.41, 5.74) is -0.494. The van der Waals surface area contributed by atoms with Gasteiger partial charge in [0.05, 0.1) is 5.60 Å². The van der Waals surface area contributed by atoms with Crippen molar-refractivity contribution >= 4 is 0 Å². The zero-order valence-corrected chi connectivity index (χ0v) is 7.72. The fraction of sp³-hybridized carbons (Fsp3) is 1.00. The minimum absolute atomic E-state index is 0.462. The molecule has 1 saturated heterocycles. The van der Waals surface area contributed by atoms with E-state index < -0.39 is 5.60 Å². The third-order valence-electron chi connectivity index (χ3n) is 2.72. The first-order valence-electron chi connectivity index (χ1n) is 4.47. The highest BCUT2D eigenvalue weighted by Crippen LogP contribution is 2.29. The molecule has 0 radical (unpaired) electrons. The molecule has 0 aromatic rings. The van der Waals surface area contributed by atoms with Crippen LogP contribution in [0.1, 0.15) is 27.2 Å². The van der Waals surface area contributed by atoms with Crippen LogP contribution in [0.25, 0.3) is 0 Å². The number of aliphatic hydroxyl groups is 1. The van der Waals surface area contributed by atoms with Gasteiger partial charge in [0, 0.05) is 6.54 Å². The van der Waals surface area contributed by atoms with E-state index in [0.29, 0.717) is 11.8 Å². The summed E-state index contributed by atoms with van der Waals surface area (Å²) in [6.45, 7) is 8.10. The zero-order valence-electron chi connectivity index (χ0n) is 7.72. The van der Waals surface area contributed by atoms with Crippen LogP contribution in [-0.4, -0.2) is 23.8 Å². The molecule has 0 saturated carbocycles. The first-order valence-corrected chi connectivity index (χ1v) is 4.47. The van der Waals surface area contributed by atoms with Crippen LogP contribution in [0.4, 0.5) is 0 Å². The fourth-order valence-corrected chi connectivity index (χ4v) is 2.09. The normalized spacial score (nSPS) is 39.5. The van der Waals surface area contributed by atoms with E-state index in [4.69, 9.17) is 0 Å². The maximum absolute atomic E-state index is 9.94. The Morgan fingerprint density at radius 3 is 2.55 bits per heavy atom. The second kappa shape index (κ2) is 3.11. The van der Waals surface area contributed by atoms with Crippen molar-refractivity contribution in [1.82, 2.24) is 5.32 Å². The summed E-state index contributed by atoms with van der Waals surface area (Å²) in [5, 5.41) is 13.2. The molecular formula is C9H19NO. The Labute approximate surface area is 69.0 Å². The third kappa shape index (κ3) is 1.94. The predicted molar refractivity (Wildman–Crippen MR) is 46.4 cm³/mol. The van der Waals surface area contributed by atoms with Gasteiger partial charge in [-0.25, -0.2) is 0 Å². The molecule has 1 aliphatic heterocycles. The summed E-state index contributed by atoms with van der Waals surface area (Å²) in [7, 11) is 0. The Morgan fingerprint density at radius 2 is 2.18 bits per heavy atom. The predicted octanol–water partition coefficient (Wildman–Crippen LogP) is 1.00. The lowest BCUT2D eigenvalue weighted by Gasteiger charge is -2.40. The molecular weight excluding hydrogens is 138 g/mol. The summed E-state index contributed by atoms with van der Waals surface area (Å²) in [6, 6.07) is 0.